The summed E-state index contributed by atoms with van der Waals surface area (Å²) in [6, 6.07) is 0. The first-order valence-electron chi connectivity index (χ1n) is 8.06. The zero-order valence-electron chi connectivity index (χ0n) is 13.1. The quantitative estimate of drug-likeness (QED) is 0.573. The second-order valence-corrected chi connectivity index (χ2v) is 6.55. The van der Waals surface area contributed by atoms with Crippen LogP contribution in [-0.4, -0.2) is 37.5 Å². The molecule has 0 aromatic heterocycles. The Morgan fingerprint density at radius 3 is 2.58 bits per heavy atom. The van der Waals surface area contributed by atoms with E-state index in [0.29, 0.717) is 24.5 Å². The number of rotatable bonds is 12. The molecule has 3 heteroatoms. The van der Waals surface area contributed by atoms with E-state index < -0.39 is 0 Å². The number of hydrogen-bond donors (Lipinski definition) is 2. The van der Waals surface area contributed by atoms with Gasteiger partial charge in [0.2, 0.25) is 0 Å². The molecule has 1 fully saturated rings. The van der Waals surface area contributed by atoms with E-state index in [4.69, 9.17) is 4.74 Å². The van der Waals surface area contributed by atoms with Crippen LogP contribution in [0.4, 0.5) is 0 Å². The van der Waals surface area contributed by atoms with Crippen LogP contribution >= 0.6 is 0 Å². The van der Waals surface area contributed by atoms with E-state index in [1.807, 2.05) is 0 Å². The molecule has 0 saturated heterocycles. The van der Waals surface area contributed by atoms with Crippen molar-refractivity contribution >= 4 is 0 Å². The molecule has 1 saturated carbocycles. The Morgan fingerprint density at radius 2 is 2.00 bits per heavy atom. The van der Waals surface area contributed by atoms with Crippen LogP contribution < -0.4 is 5.32 Å². The Balaban J connectivity index is 1.97. The summed E-state index contributed by atoms with van der Waals surface area (Å²) >= 11 is 0. The highest BCUT2D eigenvalue weighted by molar-refractivity contribution is 4.90. The van der Waals surface area contributed by atoms with Gasteiger partial charge in [-0.2, -0.15) is 0 Å². The third-order valence-corrected chi connectivity index (χ3v) is 4.24. The van der Waals surface area contributed by atoms with E-state index in [2.05, 4.69) is 26.1 Å². The molecule has 2 atom stereocenters. The molecule has 3 nitrogen and oxygen atoms in total. The second kappa shape index (κ2) is 8.93. The Morgan fingerprint density at radius 1 is 1.26 bits per heavy atom. The fourth-order valence-corrected chi connectivity index (χ4v) is 2.26. The average molecular weight is 271 g/mol. The monoisotopic (exact) mass is 271 g/mol. The summed E-state index contributed by atoms with van der Waals surface area (Å²) in [5.74, 6) is 0.658. The van der Waals surface area contributed by atoms with Gasteiger partial charge in [-0.05, 0) is 30.6 Å². The fraction of sp³-hybridized carbons (Fsp3) is 1.00. The fourth-order valence-electron chi connectivity index (χ4n) is 2.26. The molecule has 0 bridgehead atoms. The first-order chi connectivity index (χ1) is 9.09. The van der Waals surface area contributed by atoms with Crippen molar-refractivity contribution < 1.29 is 9.84 Å². The average Bonchev–Trinajstić information content (AvgIpc) is 3.11. The number of aliphatic hydroxyl groups excluding tert-OH is 1. The van der Waals surface area contributed by atoms with Gasteiger partial charge in [0.15, 0.2) is 0 Å². The zero-order valence-corrected chi connectivity index (χ0v) is 13.1. The zero-order chi connectivity index (χ0) is 14.1. The van der Waals surface area contributed by atoms with Gasteiger partial charge in [-0.25, -0.2) is 0 Å². The largest absolute Gasteiger partial charge is 0.389 e. The molecule has 114 valence electrons. The van der Waals surface area contributed by atoms with E-state index in [1.54, 1.807) is 0 Å². The van der Waals surface area contributed by atoms with Crippen molar-refractivity contribution in [3.63, 3.8) is 0 Å². The molecule has 0 aromatic rings. The lowest BCUT2D eigenvalue weighted by Gasteiger charge is -2.18. The summed E-state index contributed by atoms with van der Waals surface area (Å²) in [5.41, 5.74) is 0.508. The lowest BCUT2D eigenvalue weighted by Crippen LogP contribution is -2.33. The number of unbranched alkanes of at least 4 members (excludes halogenated alkanes) is 1. The molecular formula is C16H33NO2. The van der Waals surface area contributed by atoms with Gasteiger partial charge < -0.3 is 15.2 Å². The van der Waals surface area contributed by atoms with Crippen LogP contribution in [0, 0.1) is 11.3 Å². The van der Waals surface area contributed by atoms with E-state index in [1.165, 1.54) is 38.5 Å². The Labute approximate surface area is 119 Å². The summed E-state index contributed by atoms with van der Waals surface area (Å²) in [7, 11) is 0. The van der Waals surface area contributed by atoms with Gasteiger partial charge in [-0.3, -0.25) is 0 Å². The summed E-state index contributed by atoms with van der Waals surface area (Å²) in [4.78, 5) is 0. The van der Waals surface area contributed by atoms with Crippen LogP contribution in [0.3, 0.4) is 0 Å². The summed E-state index contributed by atoms with van der Waals surface area (Å²) in [6.45, 7) is 9.68. The van der Waals surface area contributed by atoms with Crippen LogP contribution in [-0.2, 0) is 4.74 Å². The minimum absolute atomic E-state index is 0.369. The molecule has 1 rings (SSSR count). The van der Waals surface area contributed by atoms with E-state index >= 15 is 0 Å². The topological polar surface area (TPSA) is 41.5 Å². The molecule has 0 aliphatic heterocycles. The SMILES string of the molecule is CCCCC(CC)COCC(O)CNCC1(C)CC1. The van der Waals surface area contributed by atoms with Gasteiger partial charge in [0.1, 0.15) is 0 Å². The molecule has 1 aliphatic rings. The highest BCUT2D eigenvalue weighted by atomic mass is 16.5. The molecule has 0 spiro atoms. The third-order valence-electron chi connectivity index (χ3n) is 4.24. The molecule has 19 heavy (non-hydrogen) atoms. The Kier molecular flexibility index (Phi) is 7.96. The van der Waals surface area contributed by atoms with Crippen LogP contribution in [0.15, 0.2) is 0 Å². The van der Waals surface area contributed by atoms with Crippen molar-refractivity contribution in [2.75, 3.05) is 26.3 Å². The van der Waals surface area contributed by atoms with E-state index in [-0.39, 0.29) is 6.10 Å². The van der Waals surface area contributed by atoms with Crippen molar-refractivity contribution in [3.8, 4) is 0 Å². The van der Waals surface area contributed by atoms with Gasteiger partial charge >= 0.3 is 0 Å². The standard InChI is InChI=1S/C16H33NO2/c1-4-6-7-14(5-2)11-19-12-15(18)10-17-13-16(3)8-9-16/h14-15,17-18H,4-13H2,1-3H3. The van der Waals surface area contributed by atoms with Crippen LogP contribution in [0.25, 0.3) is 0 Å². The van der Waals surface area contributed by atoms with Crippen molar-refractivity contribution in [1.82, 2.24) is 5.32 Å². The van der Waals surface area contributed by atoms with Crippen molar-refractivity contribution in [1.29, 1.82) is 0 Å². The van der Waals surface area contributed by atoms with Crippen molar-refractivity contribution in [2.45, 2.75) is 65.4 Å². The number of nitrogens with one attached hydrogen (secondary N) is 1. The maximum atomic E-state index is 9.84. The van der Waals surface area contributed by atoms with Crippen LogP contribution in [0.5, 0.6) is 0 Å². The van der Waals surface area contributed by atoms with Gasteiger partial charge in [-0.1, -0.05) is 40.0 Å². The minimum atomic E-state index is -0.369. The molecule has 1 aliphatic carbocycles. The normalized spacial score (nSPS) is 20.2. The molecule has 2 N–H and O–H groups in total. The molecule has 0 amide bonds. The molecule has 0 radical (unpaired) electrons. The maximum absolute atomic E-state index is 9.84. The van der Waals surface area contributed by atoms with Gasteiger partial charge in [-0.15, -0.1) is 0 Å². The van der Waals surface area contributed by atoms with Crippen molar-refractivity contribution in [2.24, 2.45) is 11.3 Å². The Bertz CT molecular complexity index is 229. The number of hydrogen-bond acceptors (Lipinski definition) is 3. The van der Waals surface area contributed by atoms with Gasteiger partial charge in [0.05, 0.1) is 12.7 Å². The molecule has 0 aromatic carbocycles. The Hall–Kier alpha value is -0.120. The summed E-state index contributed by atoms with van der Waals surface area (Å²) in [6.07, 6.45) is 7.23. The highest BCUT2D eigenvalue weighted by Crippen LogP contribution is 2.43. The van der Waals surface area contributed by atoms with Crippen molar-refractivity contribution in [3.05, 3.63) is 0 Å². The smallest absolute Gasteiger partial charge is 0.0897 e. The lowest BCUT2D eigenvalue weighted by atomic mass is 10.0. The molecule has 2 unspecified atom stereocenters. The number of ether oxygens (including phenoxy) is 1. The predicted molar refractivity (Wildman–Crippen MR) is 80.3 cm³/mol. The first kappa shape index (κ1) is 16.9. The minimum Gasteiger partial charge on any atom is -0.389 e. The van der Waals surface area contributed by atoms with Crippen LogP contribution in [0.1, 0.15) is 59.3 Å². The first-order valence-corrected chi connectivity index (χ1v) is 8.06. The molecule has 0 heterocycles. The van der Waals surface area contributed by atoms with E-state index in [9.17, 15) is 5.11 Å². The highest BCUT2D eigenvalue weighted by Gasteiger charge is 2.36. The summed E-state index contributed by atoms with van der Waals surface area (Å²) in [5, 5.41) is 13.2. The number of aliphatic hydroxyl groups is 1. The lowest BCUT2D eigenvalue weighted by molar-refractivity contribution is 0.0190. The summed E-state index contributed by atoms with van der Waals surface area (Å²) < 4.78 is 5.65. The third kappa shape index (κ3) is 7.91. The predicted octanol–water partition coefficient (Wildman–Crippen LogP) is 2.97. The maximum Gasteiger partial charge on any atom is 0.0897 e. The van der Waals surface area contributed by atoms with Crippen LogP contribution in [0.2, 0.25) is 0 Å². The van der Waals surface area contributed by atoms with E-state index in [0.717, 1.165) is 13.2 Å². The molecular weight excluding hydrogens is 238 g/mol. The second-order valence-electron chi connectivity index (χ2n) is 6.55. The van der Waals surface area contributed by atoms with Gasteiger partial charge in [0, 0.05) is 19.7 Å². The van der Waals surface area contributed by atoms with Gasteiger partial charge in [0.25, 0.3) is 0 Å².